The molecule has 0 unspecified atom stereocenters. The number of hydrogen-bond donors (Lipinski definition) is 3. The molecule has 3 N–H and O–H groups in total. The van der Waals surface area contributed by atoms with Crippen LogP contribution in [0.25, 0.3) is 10.6 Å². The van der Waals surface area contributed by atoms with Crippen molar-refractivity contribution in [3.05, 3.63) is 53.3 Å². The van der Waals surface area contributed by atoms with Crippen LogP contribution in [0, 0.1) is 13.8 Å². The van der Waals surface area contributed by atoms with Crippen LogP contribution in [0.3, 0.4) is 0 Å². The third-order valence-corrected chi connectivity index (χ3v) is 7.21. The highest BCUT2D eigenvalue weighted by Crippen LogP contribution is 2.32. The number of aromatic nitrogens is 4. The zero-order valence-corrected chi connectivity index (χ0v) is 20.2. The number of nitrogens with zero attached hydrogens (tertiary/aromatic N) is 4. The van der Waals surface area contributed by atoms with Crippen molar-refractivity contribution in [2.24, 2.45) is 0 Å². The summed E-state index contributed by atoms with van der Waals surface area (Å²) in [5.74, 6) is -0.145. The predicted octanol–water partition coefficient (Wildman–Crippen LogP) is 4.18. The number of benzene rings is 1. The lowest BCUT2D eigenvalue weighted by Crippen LogP contribution is -2.15. The van der Waals surface area contributed by atoms with Crippen molar-refractivity contribution < 1.29 is 13.2 Å². The normalized spacial score (nSPS) is 11.2. The van der Waals surface area contributed by atoms with Crippen molar-refractivity contribution in [1.82, 2.24) is 19.9 Å². The Labute approximate surface area is 198 Å². The molecule has 0 aliphatic carbocycles. The van der Waals surface area contributed by atoms with Gasteiger partial charge in [0.1, 0.15) is 0 Å². The molecule has 0 saturated heterocycles. The number of rotatable bonds is 7. The lowest BCUT2D eigenvalue weighted by molar-refractivity contribution is -0.114. The SMILES string of the molecule is CC(=O)Nc1ncc(-c2csc(Nc3ccc(S(=O)(=O)Nc4nc(C)cc(C)n4)cc3)n2)s1. The second-order valence-corrected chi connectivity index (χ2v) is 10.5. The van der Waals surface area contributed by atoms with Crippen LogP contribution in [-0.2, 0) is 14.8 Å². The fourth-order valence-corrected chi connectivity index (χ4v) is 5.41. The first-order chi connectivity index (χ1) is 15.7. The summed E-state index contributed by atoms with van der Waals surface area (Å²) >= 11 is 2.73. The number of aryl methyl sites for hydroxylation is 2. The van der Waals surface area contributed by atoms with E-state index in [0.717, 1.165) is 10.6 Å². The molecule has 4 aromatic rings. The van der Waals surface area contributed by atoms with Gasteiger partial charge in [0.05, 0.1) is 15.5 Å². The van der Waals surface area contributed by atoms with E-state index < -0.39 is 10.0 Å². The maximum absolute atomic E-state index is 12.7. The van der Waals surface area contributed by atoms with Gasteiger partial charge < -0.3 is 10.6 Å². The largest absolute Gasteiger partial charge is 0.332 e. The summed E-state index contributed by atoms with van der Waals surface area (Å²) in [5, 5.41) is 8.83. The molecule has 33 heavy (non-hydrogen) atoms. The van der Waals surface area contributed by atoms with E-state index in [-0.39, 0.29) is 16.8 Å². The van der Waals surface area contributed by atoms with Gasteiger partial charge in [0.2, 0.25) is 11.9 Å². The van der Waals surface area contributed by atoms with Crippen molar-refractivity contribution in [3.8, 4) is 10.6 Å². The molecule has 10 nitrogen and oxygen atoms in total. The topological polar surface area (TPSA) is 139 Å². The minimum Gasteiger partial charge on any atom is -0.332 e. The quantitative estimate of drug-likeness (QED) is 0.343. The molecule has 3 heterocycles. The van der Waals surface area contributed by atoms with E-state index in [2.05, 4.69) is 35.3 Å². The first kappa shape index (κ1) is 22.8. The van der Waals surface area contributed by atoms with Crippen molar-refractivity contribution in [1.29, 1.82) is 0 Å². The van der Waals surface area contributed by atoms with Gasteiger partial charge in [-0.1, -0.05) is 11.3 Å². The fourth-order valence-electron chi connectivity index (χ4n) is 2.84. The van der Waals surface area contributed by atoms with E-state index >= 15 is 0 Å². The van der Waals surface area contributed by atoms with Crippen LogP contribution in [0.1, 0.15) is 18.3 Å². The number of hydrogen-bond acceptors (Lipinski definition) is 10. The van der Waals surface area contributed by atoms with Crippen LogP contribution in [0.4, 0.5) is 21.9 Å². The Hall–Kier alpha value is -3.42. The number of sulfonamides is 1. The molecule has 13 heteroatoms. The number of carbonyl (C=O) groups is 1. The van der Waals surface area contributed by atoms with Crippen molar-refractivity contribution in [2.45, 2.75) is 25.7 Å². The number of carbonyl (C=O) groups excluding carboxylic acids is 1. The fraction of sp³-hybridized carbons (Fsp3) is 0.150. The Morgan fingerprint density at radius 1 is 1.00 bits per heavy atom. The molecule has 0 fully saturated rings. The van der Waals surface area contributed by atoms with Crippen LogP contribution in [-0.4, -0.2) is 34.3 Å². The Morgan fingerprint density at radius 2 is 1.70 bits per heavy atom. The highest BCUT2D eigenvalue weighted by molar-refractivity contribution is 7.92. The molecule has 1 aromatic carbocycles. The summed E-state index contributed by atoms with van der Waals surface area (Å²) in [4.78, 5) is 29.0. The molecule has 0 saturated carbocycles. The van der Waals surface area contributed by atoms with E-state index in [9.17, 15) is 13.2 Å². The van der Waals surface area contributed by atoms with E-state index in [0.29, 0.717) is 27.3 Å². The molecule has 3 aromatic heterocycles. The Kier molecular flexibility index (Phi) is 6.35. The third kappa shape index (κ3) is 5.69. The lowest BCUT2D eigenvalue weighted by atomic mass is 10.3. The van der Waals surface area contributed by atoms with E-state index in [4.69, 9.17) is 0 Å². The maximum atomic E-state index is 12.7. The molecule has 0 radical (unpaired) electrons. The van der Waals surface area contributed by atoms with Gasteiger partial charge in [0.25, 0.3) is 10.0 Å². The van der Waals surface area contributed by atoms with Gasteiger partial charge in [0.15, 0.2) is 10.3 Å². The van der Waals surface area contributed by atoms with Gasteiger partial charge in [0, 0.05) is 35.6 Å². The standard InChI is InChI=1S/C20H19N7O3S3/c1-11-8-12(2)23-18(22-11)27-33(29,30)15-6-4-14(5-7-15)25-20-26-16(10-31-20)17-9-21-19(32-17)24-13(3)28/h4-10H,1-3H3,(H,25,26)(H,21,24,28)(H,22,23,27). The molecule has 4 rings (SSSR count). The molecular weight excluding hydrogens is 482 g/mol. The summed E-state index contributed by atoms with van der Waals surface area (Å²) < 4.78 is 27.7. The van der Waals surface area contributed by atoms with E-state index in [1.54, 1.807) is 38.2 Å². The van der Waals surface area contributed by atoms with Crippen molar-refractivity contribution in [2.75, 3.05) is 15.4 Å². The van der Waals surface area contributed by atoms with Crippen LogP contribution >= 0.6 is 22.7 Å². The highest BCUT2D eigenvalue weighted by atomic mass is 32.2. The lowest BCUT2D eigenvalue weighted by Gasteiger charge is -2.09. The molecule has 0 spiro atoms. The monoisotopic (exact) mass is 501 g/mol. The first-order valence-corrected chi connectivity index (χ1v) is 12.8. The summed E-state index contributed by atoms with van der Waals surface area (Å²) in [7, 11) is -3.83. The number of thiazole rings is 2. The molecule has 170 valence electrons. The minimum atomic E-state index is -3.83. The molecule has 0 atom stereocenters. The zero-order chi connectivity index (χ0) is 23.6. The van der Waals surface area contributed by atoms with Gasteiger partial charge in [-0.15, -0.1) is 11.3 Å². The average molecular weight is 502 g/mol. The van der Waals surface area contributed by atoms with Gasteiger partial charge >= 0.3 is 0 Å². The van der Waals surface area contributed by atoms with Crippen LogP contribution in [0.15, 0.2) is 46.8 Å². The van der Waals surface area contributed by atoms with E-state index in [1.807, 2.05) is 5.38 Å². The first-order valence-electron chi connectivity index (χ1n) is 9.59. The smallest absolute Gasteiger partial charge is 0.264 e. The van der Waals surface area contributed by atoms with Crippen molar-refractivity contribution >= 4 is 60.5 Å². The molecular formula is C20H19N7O3S3. The summed E-state index contributed by atoms with van der Waals surface area (Å²) in [6.45, 7) is 4.97. The Morgan fingerprint density at radius 3 is 2.36 bits per heavy atom. The highest BCUT2D eigenvalue weighted by Gasteiger charge is 2.16. The summed E-state index contributed by atoms with van der Waals surface area (Å²) in [6, 6.07) is 8.05. The predicted molar refractivity (Wildman–Crippen MR) is 130 cm³/mol. The van der Waals surface area contributed by atoms with Gasteiger partial charge in [-0.3, -0.25) is 4.79 Å². The van der Waals surface area contributed by atoms with Crippen LogP contribution < -0.4 is 15.4 Å². The van der Waals surface area contributed by atoms with Crippen molar-refractivity contribution in [3.63, 3.8) is 0 Å². The molecule has 1 amide bonds. The van der Waals surface area contributed by atoms with Gasteiger partial charge in [-0.2, -0.15) is 0 Å². The molecule has 0 aliphatic heterocycles. The minimum absolute atomic E-state index is 0.0368. The Bertz CT molecular complexity index is 1390. The third-order valence-electron chi connectivity index (χ3n) is 4.17. The zero-order valence-electron chi connectivity index (χ0n) is 17.8. The van der Waals surface area contributed by atoms with Crippen LogP contribution in [0.5, 0.6) is 0 Å². The molecule has 0 bridgehead atoms. The van der Waals surface area contributed by atoms with Gasteiger partial charge in [-0.25, -0.2) is 33.1 Å². The number of nitrogens with one attached hydrogen (secondary N) is 3. The second kappa shape index (κ2) is 9.21. The maximum Gasteiger partial charge on any atom is 0.264 e. The summed E-state index contributed by atoms with van der Waals surface area (Å²) in [5.41, 5.74) is 2.76. The number of amides is 1. The summed E-state index contributed by atoms with van der Waals surface area (Å²) in [6.07, 6.45) is 1.65. The number of anilines is 4. The van der Waals surface area contributed by atoms with Gasteiger partial charge in [-0.05, 0) is 44.2 Å². The Balaban J connectivity index is 1.44. The average Bonchev–Trinajstić information content (AvgIpc) is 3.36. The van der Waals surface area contributed by atoms with Crippen LogP contribution in [0.2, 0.25) is 0 Å². The molecule has 0 aliphatic rings. The van der Waals surface area contributed by atoms with E-state index in [1.165, 1.54) is 41.7 Å². The second-order valence-electron chi connectivity index (χ2n) is 6.98.